The Bertz CT molecular complexity index is 900. The van der Waals surface area contributed by atoms with E-state index in [0.717, 1.165) is 23.5 Å². The van der Waals surface area contributed by atoms with Gasteiger partial charge in [0.2, 0.25) is 0 Å². The van der Waals surface area contributed by atoms with Crippen LogP contribution >= 0.6 is 11.3 Å². The predicted octanol–water partition coefficient (Wildman–Crippen LogP) is 4.74. The minimum absolute atomic E-state index is 0.0155. The molecule has 0 unspecified atom stereocenters. The molecule has 1 aliphatic rings. The second kappa shape index (κ2) is 7.03. The average Bonchev–Trinajstić information content (AvgIpc) is 3.19. The van der Waals surface area contributed by atoms with Gasteiger partial charge in [0.25, 0.3) is 5.91 Å². The molecule has 0 bridgehead atoms. The summed E-state index contributed by atoms with van der Waals surface area (Å²) in [7, 11) is 0. The highest BCUT2D eigenvalue weighted by Crippen LogP contribution is 2.26. The van der Waals surface area contributed by atoms with Gasteiger partial charge in [0, 0.05) is 24.0 Å². The van der Waals surface area contributed by atoms with Crippen LogP contribution in [0.3, 0.4) is 0 Å². The lowest BCUT2D eigenvalue weighted by molar-refractivity contribution is 0.0768. The molecule has 0 atom stereocenters. The molecule has 1 aliphatic heterocycles. The van der Waals surface area contributed by atoms with Crippen molar-refractivity contribution in [1.82, 2.24) is 9.88 Å². The van der Waals surface area contributed by atoms with Crippen LogP contribution in [-0.4, -0.2) is 28.9 Å². The Labute approximate surface area is 151 Å². The highest BCUT2D eigenvalue weighted by atomic mass is 32.1. The van der Waals surface area contributed by atoms with E-state index >= 15 is 0 Å². The fourth-order valence-electron chi connectivity index (χ4n) is 3.02. The Morgan fingerprint density at radius 1 is 0.960 bits per heavy atom. The van der Waals surface area contributed by atoms with Crippen LogP contribution in [-0.2, 0) is 0 Å². The summed E-state index contributed by atoms with van der Waals surface area (Å²) in [4.78, 5) is 19.1. The molecule has 3 nitrogen and oxygen atoms in total. The quantitative estimate of drug-likeness (QED) is 0.686. The number of amides is 1. The van der Waals surface area contributed by atoms with Gasteiger partial charge in [0.05, 0.1) is 0 Å². The van der Waals surface area contributed by atoms with Crippen molar-refractivity contribution in [3.8, 4) is 10.6 Å². The zero-order valence-corrected chi connectivity index (χ0v) is 14.6. The highest BCUT2D eigenvalue weighted by molar-refractivity contribution is 7.13. The van der Waals surface area contributed by atoms with Crippen molar-refractivity contribution >= 4 is 22.8 Å². The third-order valence-corrected chi connectivity index (χ3v) is 5.28. The second-order valence-corrected chi connectivity index (χ2v) is 6.86. The van der Waals surface area contributed by atoms with Crippen molar-refractivity contribution in [2.75, 3.05) is 13.1 Å². The lowest BCUT2D eigenvalue weighted by Crippen LogP contribution is -2.34. The molecule has 4 rings (SSSR count). The van der Waals surface area contributed by atoms with Crippen LogP contribution in [0.2, 0.25) is 0 Å². The van der Waals surface area contributed by atoms with Crippen LogP contribution in [0.25, 0.3) is 16.1 Å². The molecule has 0 N–H and O–H groups in total. The van der Waals surface area contributed by atoms with E-state index in [1.54, 1.807) is 0 Å². The van der Waals surface area contributed by atoms with E-state index < -0.39 is 0 Å². The lowest BCUT2D eigenvalue weighted by Gasteiger charge is -2.26. The molecule has 4 heteroatoms. The van der Waals surface area contributed by atoms with Gasteiger partial charge in [0.15, 0.2) is 0 Å². The molecule has 0 spiro atoms. The summed E-state index contributed by atoms with van der Waals surface area (Å²) in [6, 6.07) is 20.3. The van der Waals surface area contributed by atoms with Crippen molar-refractivity contribution in [2.45, 2.75) is 6.42 Å². The molecule has 1 amide bonds. The molecular formula is C21H18N2OS. The Balaban J connectivity index is 1.48. The van der Waals surface area contributed by atoms with Crippen LogP contribution in [0.4, 0.5) is 0 Å². The number of rotatable bonds is 3. The van der Waals surface area contributed by atoms with Crippen molar-refractivity contribution in [2.24, 2.45) is 0 Å². The zero-order valence-electron chi connectivity index (χ0n) is 13.8. The topological polar surface area (TPSA) is 33.2 Å². The molecule has 0 fully saturated rings. The van der Waals surface area contributed by atoms with Crippen LogP contribution in [0, 0.1) is 0 Å². The Morgan fingerprint density at radius 3 is 2.28 bits per heavy atom. The van der Waals surface area contributed by atoms with Gasteiger partial charge in [-0.05, 0) is 17.6 Å². The van der Waals surface area contributed by atoms with Crippen molar-refractivity contribution in [3.63, 3.8) is 0 Å². The van der Waals surface area contributed by atoms with E-state index in [1.807, 2.05) is 58.8 Å². The standard InChI is InChI=1S/C21H18N2OS/c24-21(19-15-25-20(22-19)18-9-5-2-6-10-18)23-13-11-17(12-14-23)16-7-3-1-4-8-16/h1-11,15H,12-14H2. The molecule has 2 aromatic carbocycles. The van der Waals surface area contributed by atoms with Gasteiger partial charge in [0.1, 0.15) is 10.7 Å². The molecule has 0 aliphatic carbocycles. The molecule has 0 saturated heterocycles. The first-order valence-corrected chi connectivity index (χ1v) is 9.24. The number of nitrogens with zero attached hydrogens (tertiary/aromatic N) is 2. The third kappa shape index (κ3) is 3.39. The van der Waals surface area contributed by atoms with E-state index in [4.69, 9.17) is 0 Å². The molecule has 25 heavy (non-hydrogen) atoms. The first-order valence-electron chi connectivity index (χ1n) is 8.36. The van der Waals surface area contributed by atoms with E-state index in [1.165, 1.54) is 22.5 Å². The smallest absolute Gasteiger partial charge is 0.273 e. The number of thiazole rings is 1. The van der Waals surface area contributed by atoms with Gasteiger partial charge in [-0.15, -0.1) is 11.3 Å². The summed E-state index contributed by atoms with van der Waals surface area (Å²) in [6.07, 6.45) is 3.03. The van der Waals surface area contributed by atoms with Crippen molar-refractivity contribution in [3.05, 3.63) is 83.4 Å². The van der Waals surface area contributed by atoms with Gasteiger partial charge in [-0.3, -0.25) is 4.79 Å². The Hall–Kier alpha value is -2.72. The zero-order chi connectivity index (χ0) is 17.1. The van der Waals surface area contributed by atoms with E-state index in [2.05, 4.69) is 23.2 Å². The minimum Gasteiger partial charge on any atom is -0.333 e. The summed E-state index contributed by atoms with van der Waals surface area (Å²) in [5.74, 6) is 0.0155. The maximum atomic E-state index is 12.7. The lowest BCUT2D eigenvalue weighted by atomic mass is 9.99. The molecule has 2 heterocycles. The molecule has 124 valence electrons. The summed E-state index contributed by atoms with van der Waals surface area (Å²) >= 11 is 1.52. The number of carbonyl (C=O) groups is 1. The Morgan fingerprint density at radius 2 is 1.64 bits per heavy atom. The van der Waals surface area contributed by atoms with Crippen LogP contribution in [0.5, 0.6) is 0 Å². The first kappa shape index (κ1) is 15.8. The summed E-state index contributed by atoms with van der Waals surface area (Å²) in [6.45, 7) is 1.37. The number of benzene rings is 2. The molecule has 0 radical (unpaired) electrons. The Kier molecular flexibility index (Phi) is 4.44. The molecule has 3 aromatic rings. The maximum absolute atomic E-state index is 12.7. The summed E-state index contributed by atoms with van der Waals surface area (Å²) < 4.78 is 0. The van der Waals surface area contributed by atoms with Gasteiger partial charge in [-0.25, -0.2) is 4.98 Å². The number of aromatic nitrogens is 1. The normalized spacial score (nSPS) is 14.2. The van der Waals surface area contributed by atoms with E-state index in [0.29, 0.717) is 12.2 Å². The molecular weight excluding hydrogens is 328 g/mol. The van der Waals surface area contributed by atoms with Gasteiger partial charge in [-0.1, -0.05) is 66.7 Å². The number of hydrogen-bond donors (Lipinski definition) is 0. The fourth-order valence-corrected chi connectivity index (χ4v) is 3.82. The average molecular weight is 346 g/mol. The van der Waals surface area contributed by atoms with Gasteiger partial charge < -0.3 is 4.90 Å². The van der Waals surface area contributed by atoms with E-state index in [9.17, 15) is 4.79 Å². The SMILES string of the molecule is O=C(c1csc(-c2ccccc2)n1)N1CC=C(c2ccccc2)CC1. The van der Waals surface area contributed by atoms with Gasteiger partial charge >= 0.3 is 0 Å². The van der Waals surface area contributed by atoms with Crippen molar-refractivity contribution < 1.29 is 4.79 Å². The van der Waals surface area contributed by atoms with E-state index in [-0.39, 0.29) is 5.91 Å². The van der Waals surface area contributed by atoms with Crippen LogP contribution < -0.4 is 0 Å². The van der Waals surface area contributed by atoms with Crippen molar-refractivity contribution in [1.29, 1.82) is 0 Å². The third-order valence-electron chi connectivity index (χ3n) is 4.38. The monoisotopic (exact) mass is 346 g/mol. The minimum atomic E-state index is 0.0155. The predicted molar refractivity (Wildman–Crippen MR) is 102 cm³/mol. The van der Waals surface area contributed by atoms with Gasteiger partial charge in [-0.2, -0.15) is 0 Å². The fraction of sp³-hybridized carbons (Fsp3) is 0.143. The number of hydrogen-bond acceptors (Lipinski definition) is 3. The highest BCUT2D eigenvalue weighted by Gasteiger charge is 2.21. The maximum Gasteiger partial charge on any atom is 0.273 e. The first-order chi connectivity index (χ1) is 12.3. The summed E-state index contributed by atoms with van der Waals surface area (Å²) in [5, 5.41) is 2.75. The molecule has 0 saturated carbocycles. The second-order valence-electron chi connectivity index (χ2n) is 6.00. The molecule has 1 aromatic heterocycles. The van der Waals surface area contributed by atoms with Crippen LogP contribution in [0.15, 0.2) is 72.1 Å². The number of carbonyl (C=O) groups excluding carboxylic acids is 1. The van der Waals surface area contributed by atoms with Crippen LogP contribution in [0.1, 0.15) is 22.5 Å². The largest absolute Gasteiger partial charge is 0.333 e. The summed E-state index contributed by atoms with van der Waals surface area (Å²) in [5.41, 5.74) is 4.15.